The first-order valence-electron chi connectivity index (χ1n) is 5.64. The van der Waals surface area contributed by atoms with E-state index in [0.29, 0.717) is 13.2 Å². The second kappa shape index (κ2) is 4.85. The third-order valence-corrected chi connectivity index (χ3v) is 3.29. The van der Waals surface area contributed by atoms with Gasteiger partial charge in [0.1, 0.15) is 0 Å². The van der Waals surface area contributed by atoms with Crippen molar-refractivity contribution in [2.45, 2.75) is 18.6 Å². The van der Waals surface area contributed by atoms with Crippen molar-refractivity contribution >= 4 is 5.97 Å². The van der Waals surface area contributed by atoms with Gasteiger partial charge in [-0.3, -0.25) is 4.79 Å². The second-order valence-corrected chi connectivity index (χ2v) is 4.23. The number of carbonyl (C=O) groups is 1. The summed E-state index contributed by atoms with van der Waals surface area (Å²) in [5.41, 5.74) is 1.78. The predicted octanol–water partition coefficient (Wildman–Crippen LogP) is 1.19. The molecule has 0 spiro atoms. The van der Waals surface area contributed by atoms with Gasteiger partial charge < -0.3 is 14.8 Å². The summed E-state index contributed by atoms with van der Waals surface area (Å²) in [5.74, 6) is -0.236. The largest absolute Gasteiger partial charge is 0.469 e. The van der Waals surface area contributed by atoms with Crippen LogP contribution < -0.4 is 5.32 Å². The van der Waals surface area contributed by atoms with Gasteiger partial charge in [0, 0.05) is 0 Å². The van der Waals surface area contributed by atoms with Crippen LogP contribution in [0.2, 0.25) is 0 Å². The summed E-state index contributed by atoms with van der Waals surface area (Å²) >= 11 is 0. The second-order valence-electron chi connectivity index (χ2n) is 4.23. The maximum Gasteiger partial charge on any atom is 0.307 e. The third kappa shape index (κ3) is 2.18. The topological polar surface area (TPSA) is 47.6 Å². The fourth-order valence-electron chi connectivity index (χ4n) is 2.29. The minimum atomic E-state index is -0.470. The molecule has 4 heteroatoms. The van der Waals surface area contributed by atoms with Gasteiger partial charge in [0.25, 0.3) is 0 Å². The zero-order valence-electron chi connectivity index (χ0n) is 10.2. The van der Waals surface area contributed by atoms with Crippen molar-refractivity contribution in [1.82, 2.24) is 5.32 Å². The Morgan fingerprint density at radius 1 is 1.53 bits per heavy atom. The van der Waals surface area contributed by atoms with Crippen molar-refractivity contribution in [1.29, 1.82) is 0 Å². The van der Waals surface area contributed by atoms with Gasteiger partial charge in [-0.2, -0.15) is 0 Å². The molecule has 1 unspecified atom stereocenters. The molecule has 0 bridgehead atoms. The van der Waals surface area contributed by atoms with Crippen molar-refractivity contribution in [3.05, 3.63) is 35.4 Å². The van der Waals surface area contributed by atoms with E-state index in [9.17, 15) is 4.79 Å². The lowest BCUT2D eigenvalue weighted by atomic mass is 9.83. The molecular formula is C13H17NO3. The van der Waals surface area contributed by atoms with Crippen molar-refractivity contribution in [3.8, 4) is 0 Å². The first-order valence-corrected chi connectivity index (χ1v) is 5.64. The average molecular weight is 235 g/mol. The number of ether oxygens (including phenoxy) is 2. The normalized spacial score (nSPS) is 22.9. The summed E-state index contributed by atoms with van der Waals surface area (Å²) < 4.78 is 10.3. The van der Waals surface area contributed by atoms with Gasteiger partial charge in [-0.1, -0.05) is 24.3 Å². The van der Waals surface area contributed by atoms with Crippen LogP contribution in [0.3, 0.4) is 0 Å². The Kier molecular flexibility index (Phi) is 3.45. The molecule has 0 aromatic heterocycles. The minimum Gasteiger partial charge on any atom is -0.469 e. The highest BCUT2D eigenvalue weighted by Crippen LogP contribution is 2.33. The minimum absolute atomic E-state index is 0.236. The van der Waals surface area contributed by atoms with E-state index >= 15 is 0 Å². The highest BCUT2D eigenvalue weighted by molar-refractivity contribution is 5.71. The van der Waals surface area contributed by atoms with E-state index in [0.717, 1.165) is 11.1 Å². The Labute approximate surface area is 101 Å². The molecule has 92 valence electrons. The maximum absolute atomic E-state index is 11.5. The molecule has 1 aliphatic heterocycles. The third-order valence-electron chi connectivity index (χ3n) is 3.29. The lowest BCUT2D eigenvalue weighted by molar-refractivity contribution is -0.143. The Morgan fingerprint density at radius 2 is 2.29 bits per heavy atom. The van der Waals surface area contributed by atoms with Crippen molar-refractivity contribution in [2.75, 3.05) is 20.8 Å². The van der Waals surface area contributed by atoms with E-state index in [1.807, 2.05) is 31.3 Å². The number of likely N-dealkylation sites (N-methyl/N-ethyl adjacent to an activating group) is 1. The monoisotopic (exact) mass is 235 g/mol. The van der Waals surface area contributed by atoms with Crippen LogP contribution in [0.15, 0.2) is 24.3 Å². The van der Waals surface area contributed by atoms with Gasteiger partial charge in [-0.05, 0) is 18.2 Å². The molecule has 1 aliphatic rings. The summed E-state index contributed by atoms with van der Waals surface area (Å²) in [6.07, 6.45) is 0.275. The van der Waals surface area contributed by atoms with E-state index in [-0.39, 0.29) is 12.4 Å². The number of benzene rings is 1. The van der Waals surface area contributed by atoms with Crippen molar-refractivity contribution in [2.24, 2.45) is 0 Å². The highest BCUT2D eigenvalue weighted by Gasteiger charge is 2.38. The van der Waals surface area contributed by atoms with Crippen LogP contribution in [0.4, 0.5) is 0 Å². The number of hydrogen-bond donors (Lipinski definition) is 1. The molecule has 1 aromatic rings. The molecule has 0 radical (unpaired) electrons. The van der Waals surface area contributed by atoms with E-state index in [1.165, 1.54) is 7.11 Å². The quantitative estimate of drug-likeness (QED) is 0.800. The van der Waals surface area contributed by atoms with Crippen LogP contribution >= 0.6 is 0 Å². The van der Waals surface area contributed by atoms with Crippen LogP contribution in [0, 0.1) is 0 Å². The van der Waals surface area contributed by atoms with E-state index in [1.54, 1.807) is 0 Å². The van der Waals surface area contributed by atoms with E-state index in [2.05, 4.69) is 5.32 Å². The van der Waals surface area contributed by atoms with Crippen LogP contribution in [0.25, 0.3) is 0 Å². The summed E-state index contributed by atoms with van der Waals surface area (Å²) in [6, 6.07) is 8.02. The molecule has 0 fully saturated rings. The maximum atomic E-state index is 11.5. The number of rotatable bonds is 3. The molecule has 1 N–H and O–H groups in total. The zero-order valence-corrected chi connectivity index (χ0v) is 10.2. The molecule has 1 atom stereocenters. The Bertz CT molecular complexity index is 419. The van der Waals surface area contributed by atoms with Crippen LogP contribution in [0.5, 0.6) is 0 Å². The number of hydrogen-bond acceptors (Lipinski definition) is 4. The number of carbonyl (C=O) groups excluding carboxylic acids is 1. The Hall–Kier alpha value is -1.39. The van der Waals surface area contributed by atoms with Gasteiger partial charge in [0.2, 0.25) is 0 Å². The highest BCUT2D eigenvalue weighted by atomic mass is 16.5. The molecule has 0 saturated carbocycles. The number of esters is 1. The molecule has 1 heterocycles. The molecule has 4 nitrogen and oxygen atoms in total. The van der Waals surface area contributed by atoms with Gasteiger partial charge in [0.05, 0.1) is 32.3 Å². The number of nitrogens with one attached hydrogen (secondary N) is 1. The lowest BCUT2D eigenvalue weighted by Crippen LogP contribution is -2.48. The smallest absolute Gasteiger partial charge is 0.307 e. The van der Waals surface area contributed by atoms with Crippen LogP contribution in [0.1, 0.15) is 17.5 Å². The van der Waals surface area contributed by atoms with Gasteiger partial charge in [0.15, 0.2) is 0 Å². The van der Waals surface area contributed by atoms with Crippen LogP contribution in [-0.2, 0) is 26.4 Å². The Balaban J connectivity index is 2.38. The predicted molar refractivity (Wildman–Crippen MR) is 63.5 cm³/mol. The fourth-order valence-corrected chi connectivity index (χ4v) is 2.29. The summed E-state index contributed by atoms with van der Waals surface area (Å²) in [5, 5.41) is 3.21. The molecule has 17 heavy (non-hydrogen) atoms. The molecule has 2 rings (SSSR count). The molecule has 0 aliphatic carbocycles. The molecular weight excluding hydrogens is 218 g/mol. The standard InChI is InChI=1S/C13H17NO3/c1-14-13(7-12(15)16-2)9-17-8-10-5-3-4-6-11(10)13/h3-6,14H,7-9H2,1-2H3. The van der Waals surface area contributed by atoms with Crippen LogP contribution in [-0.4, -0.2) is 26.7 Å². The Morgan fingerprint density at radius 3 is 3.00 bits per heavy atom. The van der Waals surface area contributed by atoms with E-state index < -0.39 is 5.54 Å². The van der Waals surface area contributed by atoms with Gasteiger partial charge in [-0.25, -0.2) is 0 Å². The number of fused-ring (bicyclic) bond motifs is 1. The average Bonchev–Trinajstić information content (AvgIpc) is 2.39. The van der Waals surface area contributed by atoms with Gasteiger partial charge >= 0.3 is 5.97 Å². The molecule has 0 saturated heterocycles. The summed E-state index contributed by atoms with van der Waals surface area (Å²) in [7, 11) is 3.25. The zero-order chi connectivity index (χ0) is 12.3. The summed E-state index contributed by atoms with van der Waals surface area (Å²) in [4.78, 5) is 11.5. The van der Waals surface area contributed by atoms with E-state index in [4.69, 9.17) is 9.47 Å². The van der Waals surface area contributed by atoms with Gasteiger partial charge in [-0.15, -0.1) is 0 Å². The SMILES string of the molecule is CNC1(CC(=O)OC)COCc2ccccc21. The molecule has 0 amide bonds. The first-order chi connectivity index (χ1) is 8.22. The lowest BCUT2D eigenvalue weighted by Gasteiger charge is -2.38. The van der Waals surface area contributed by atoms with Crippen molar-refractivity contribution in [3.63, 3.8) is 0 Å². The van der Waals surface area contributed by atoms with Crippen molar-refractivity contribution < 1.29 is 14.3 Å². The summed E-state index contributed by atoms with van der Waals surface area (Å²) in [6.45, 7) is 1.08. The fraction of sp³-hybridized carbons (Fsp3) is 0.462. The first kappa shape index (κ1) is 12.1. The number of methoxy groups -OCH3 is 1. The molecule has 1 aromatic carbocycles.